The molecule has 0 heterocycles. The Balaban J connectivity index is 1.90. The lowest BCUT2D eigenvalue weighted by Gasteiger charge is -2.32. The summed E-state index contributed by atoms with van der Waals surface area (Å²) in [7, 11) is 1.37. The lowest BCUT2D eigenvalue weighted by atomic mass is 9.78. The Labute approximate surface area is 183 Å². The van der Waals surface area contributed by atoms with Crippen molar-refractivity contribution in [1.29, 1.82) is 0 Å². The summed E-state index contributed by atoms with van der Waals surface area (Å²) < 4.78 is 10.5. The first kappa shape index (κ1) is 22.1. The molecule has 3 rings (SSSR count). The smallest absolute Gasteiger partial charge is 0.407 e. The summed E-state index contributed by atoms with van der Waals surface area (Å²) in [5, 5.41) is 2.99. The summed E-state index contributed by atoms with van der Waals surface area (Å²) >= 11 is 0. The minimum Gasteiger partial charge on any atom is -0.469 e. The first-order valence-electron chi connectivity index (χ1n) is 10.2. The van der Waals surface area contributed by atoms with Crippen molar-refractivity contribution in [3.63, 3.8) is 0 Å². The van der Waals surface area contributed by atoms with Crippen molar-refractivity contribution < 1.29 is 19.1 Å². The van der Waals surface area contributed by atoms with E-state index >= 15 is 0 Å². The van der Waals surface area contributed by atoms with Gasteiger partial charge in [-0.05, 0) is 16.7 Å². The molecule has 0 aromatic heterocycles. The van der Waals surface area contributed by atoms with E-state index in [4.69, 9.17) is 9.47 Å². The van der Waals surface area contributed by atoms with Crippen LogP contribution in [0.1, 0.15) is 35.6 Å². The maximum absolute atomic E-state index is 12.7. The van der Waals surface area contributed by atoms with E-state index in [0.717, 1.165) is 16.7 Å². The molecule has 0 aliphatic carbocycles. The first-order valence-corrected chi connectivity index (χ1v) is 10.2. The van der Waals surface area contributed by atoms with Gasteiger partial charge in [-0.3, -0.25) is 4.79 Å². The number of amides is 1. The van der Waals surface area contributed by atoms with Gasteiger partial charge in [-0.2, -0.15) is 0 Å². The minimum absolute atomic E-state index is 0.163. The van der Waals surface area contributed by atoms with Crippen LogP contribution in [0.15, 0.2) is 91.0 Å². The van der Waals surface area contributed by atoms with Crippen molar-refractivity contribution in [3.8, 4) is 0 Å². The molecule has 0 bridgehead atoms. The number of methoxy groups -OCH3 is 1. The molecule has 0 aliphatic rings. The van der Waals surface area contributed by atoms with E-state index in [0.29, 0.717) is 0 Å². The van der Waals surface area contributed by atoms with Crippen LogP contribution < -0.4 is 5.32 Å². The number of carbonyl (C=O) groups is 2. The number of benzene rings is 3. The summed E-state index contributed by atoms with van der Waals surface area (Å²) in [5.41, 5.74) is 2.71. The molecule has 3 aromatic carbocycles. The van der Waals surface area contributed by atoms with E-state index in [-0.39, 0.29) is 18.5 Å². The van der Waals surface area contributed by atoms with Gasteiger partial charge in [0.2, 0.25) is 0 Å². The maximum atomic E-state index is 12.7. The van der Waals surface area contributed by atoms with Crippen LogP contribution in [0.25, 0.3) is 0 Å². The summed E-state index contributed by atoms with van der Waals surface area (Å²) in [4.78, 5) is 25.2. The molecule has 0 radical (unpaired) electrons. The van der Waals surface area contributed by atoms with Gasteiger partial charge in [-0.1, -0.05) is 97.9 Å². The molecule has 31 heavy (non-hydrogen) atoms. The van der Waals surface area contributed by atoms with Gasteiger partial charge in [0.15, 0.2) is 0 Å². The van der Waals surface area contributed by atoms with Crippen LogP contribution in [-0.2, 0) is 20.9 Å². The van der Waals surface area contributed by atoms with Crippen LogP contribution in [0.5, 0.6) is 0 Å². The number of rotatable bonds is 8. The third kappa shape index (κ3) is 5.95. The van der Waals surface area contributed by atoms with E-state index < -0.39 is 18.1 Å². The number of hydrogen-bond acceptors (Lipinski definition) is 4. The minimum atomic E-state index is -0.546. The SMILES string of the molecule is COC(=O)[C@H](C)[C@@H](c1ccccc1)[C@H](NC(=O)OCc1ccccc1)c1ccccc1. The highest BCUT2D eigenvalue weighted by Gasteiger charge is 2.35. The Bertz CT molecular complexity index is 960. The highest BCUT2D eigenvalue weighted by Crippen LogP contribution is 2.37. The number of carbonyl (C=O) groups excluding carboxylic acids is 2. The van der Waals surface area contributed by atoms with E-state index in [1.165, 1.54) is 7.11 Å². The van der Waals surface area contributed by atoms with E-state index in [2.05, 4.69) is 5.32 Å². The van der Waals surface area contributed by atoms with Gasteiger partial charge in [0, 0.05) is 5.92 Å². The molecule has 1 N–H and O–H groups in total. The third-order valence-electron chi connectivity index (χ3n) is 5.30. The van der Waals surface area contributed by atoms with Crippen LogP contribution in [0, 0.1) is 5.92 Å². The van der Waals surface area contributed by atoms with E-state index in [9.17, 15) is 9.59 Å². The number of esters is 1. The molecule has 5 nitrogen and oxygen atoms in total. The highest BCUT2D eigenvalue weighted by atomic mass is 16.5. The Morgan fingerprint density at radius 3 is 1.87 bits per heavy atom. The zero-order chi connectivity index (χ0) is 22.1. The molecular formula is C26H27NO4. The van der Waals surface area contributed by atoms with Gasteiger partial charge >= 0.3 is 12.1 Å². The molecule has 0 saturated carbocycles. The van der Waals surface area contributed by atoms with Gasteiger partial charge in [0.1, 0.15) is 6.61 Å². The second-order valence-corrected chi connectivity index (χ2v) is 7.34. The van der Waals surface area contributed by atoms with E-state index in [1.54, 1.807) is 0 Å². The van der Waals surface area contributed by atoms with Crippen molar-refractivity contribution in [2.75, 3.05) is 7.11 Å². The molecule has 1 amide bonds. The zero-order valence-corrected chi connectivity index (χ0v) is 17.7. The molecule has 0 spiro atoms. The Morgan fingerprint density at radius 2 is 1.32 bits per heavy atom. The number of alkyl carbamates (subject to hydrolysis) is 1. The predicted octanol–water partition coefficient (Wildman–Crippen LogP) is 5.25. The maximum Gasteiger partial charge on any atom is 0.407 e. The van der Waals surface area contributed by atoms with Gasteiger partial charge in [-0.15, -0.1) is 0 Å². The molecule has 0 aliphatic heterocycles. The lowest BCUT2D eigenvalue weighted by Crippen LogP contribution is -2.37. The summed E-state index contributed by atoms with van der Waals surface area (Å²) in [6.07, 6.45) is -0.546. The average molecular weight is 418 g/mol. The molecule has 0 saturated heterocycles. The molecular weight excluding hydrogens is 390 g/mol. The predicted molar refractivity (Wildman–Crippen MR) is 119 cm³/mol. The molecule has 0 fully saturated rings. The fourth-order valence-corrected chi connectivity index (χ4v) is 3.71. The van der Waals surface area contributed by atoms with Crippen molar-refractivity contribution in [3.05, 3.63) is 108 Å². The average Bonchev–Trinajstić information content (AvgIpc) is 2.83. The molecule has 160 valence electrons. The Hall–Kier alpha value is -3.60. The van der Waals surface area contributed by atoms with Gasteiger partial charge < -0.3 is 14.8 Å². The topological polar surface area (TPSA) is 64.6 Å². The molecule has 0 unspecified atom stereocenters. The number of ether oxygens (including phenoxy) is 2. The third-order valence-corrected chi connectivity index (χ3v) is 5.30. The Kier molecular flexibility index (Phi) is 7.82. The Morgan fingerprint density at radius 1 is 0.806 bits per heavy atom. The van der Waals surface area contributed by atoms with Crippen LogP contribution in [0.3, 0.4) is 0 Å². The fourth-order valence-electron chi connectivity index (χ4n) is 3.71. The van der Waals surface area contributed by atoms with Crippen LogP contribution in [0.4, 0.5) is 4.79 Å². The van der Waals surface area contributed by atoms with Crippen LogP contribution in [-0.4, -0.2) is 19.2 Å². The number of hydrogen-bond donors (Lipinski definition) is 1. The number of nitrogens with one attached hydrogen (secondary N) is 1. The van der Waals surface area contributed by atoms with Gasteiger partial charge in [-0.25, -0.2) is 4.79 Å². The standard InChI is InChI=1S/C26H27NO4/c1-19(25(28)30-2)23(21-14-8-4-9-15-21)24(22-16-10-5-11-17-22)27-26(29)31-18-20-12-6-3-7-13-20/h3-17,19,23-24H,18H2,1-2H3,(H,27,29)/t19-,23+,24-/m1/s1. The van der Waals surface area contributed by atoms with Gasteiger partial charge in [0.05, 0.1) is 19.1 Å². The van der Waals surface area contributed by atoms with Crippen molar-refractivity contribution in [1.82, 2.24) is 5.32 Å². The largest absolute Gasteiger partial charge is 0.469 e. The normalized spacial score (nSPS) is 13.5. The van der Waals surface area contributed by atoms with Crippen molar-refractivity contribution in [2.24, 2.45) is 5.92 Å². The summed E-state index contributed by atoms with van der Waals surface area (Å²) in [6.45, 7) is 1.98. The van der Waals surface area contributed by atoms with E-state index in [1.807, 2.05) is 97.9 Å². The molecule has 3 aromatic rings. The quantitative estimate of drug-likeness (QED) is 0.509. The second kappa shape index (κ2) is 11.0. The zero-order valence-electron chi connectivity index (χ0n) is 17.7. The highest BCUT2D eigenvalue weighted by molar-refractivity contribution is 5.74. The first-order chi connectivity index (χ1) is 15.1. The molecule has 3 atom stereocenters. The fraction of sp³-hybridized carbons (Fsp3) is 0.231. The summed E-state index contributed by atoms with van der Waals surface area (Å²) in [6, 6.07) is 28.3. The molecule has 5 heteroatoms. The van der Waals surface area contributed by atoms with Crippen LogP contribution in [0.2, 0.25) is 0 Å². The van der Waals surface area contributed by atoms with Crippen LogP contribution >= 0.6 is 0 Å². The second-order valence-electron chi connectivity index (χ2n) is 7.34. The summed E-state index contributed by atoms with van der Waals surface area (Å²) in [5.74, 6) is -1.18. The monoisotopic (exact) mass is 417 g/mol. The van der Waals surface area contributed by atoms with Crippen molar-refractivity contribution in [2.45, 2.75) is 25.5 Å². The lowest BCUT2D eigenvalue weighted by molar-refractivity contribution is -0.146. The van der Waals surface area contributed by atoms with Crippen molar-refractivity contribution >= 4 is 12.1 Å². The van der Waals surface area contributed by atoms with Gasteiger partial charge in [0.25, 0.3) is 0 Å².